The standard InChI is InChI=1S/C15H17NO3/c17-14(10-2-1-3-10)16-13-7-6-9-4-5-11(15(18)19)8-12(9)13/h4-5,8,10,13H,1-3,6-7H2,(H,16,17)(H,18,19)/t13-/m1/s1. The summed E-state index contributed by atoms with van der Waals surface area (Å²) in [7, 11) is 0. The lowest BCUT2D eigenvalue weighted by Gasteiger charge is -2.26. The van der Waals surface area contributed by atoms with Crippen LogP contribution in [0.2, 0.25) is 0 Å². The average Bonchev–Trinajstić information content (AvgIpc) is 2.69. The monoisotopic (exact) mass is 259 g/mol. The van der Waals surface area contributed by atoms with Crippen molar-refractivity contribution in [2.24, 2.45) is 5.92 Å². The molecule has 2 N–H and O–H groups in total. The van der Waals surface area contributed by atoms with Crippen molar-refractivity contribution in [2.45, 2.75) is 38.1 Å². The van der Waals surface area contributed by atoms with E-state index in [2.05, 4.69) is 5.32 Å². The summed E-state index contributed by atoms with van der Waals surface area (Å²) in [5.41, 5.74) is 2.43. The average molecular weight is 259 g/mol. The Kier molecular flexibility index (Phi) is 3.01. The molecule has 2 aliphatic rings. The van der Waals surface area contributed by atoms with E-state index in [0.29, 0.717) is 5.56 Å². The Hall–Kier alpha value is -1.84. The minimum atomic E-state index is -0.918. The first-order valence-electron chi connectivity index (χ1n) is 6.81. The summed E-state index contributed by atoms with van der Waals surface area (Å²) in [6.07, 6.45) is 4.89. The maximum atomic E-state index is 12.0. The number of hydrogen-bond donors (Lipinski definition) is 2. The van der Waals surface area contributed by atoms with Gasteiger partial charge in [-0.1, -0.05) is 12.5 Å². The van der Waals surface area contributed by atoms with Crippen LogP contribution in [0.25, 0.3) is 0 Å². The van der Waals surface area contributed by atoms with E-state index in [-0.39, 0.29) is 17.9 Å². The quantitative estimate of drug-likeness (QED) is 0.875. The van der Waals surface area contributed by atoms with Crippen molar-refractivity contribution in [3.63, 3.8) is 0 Å². The number of rotatable bonds is 3. The van der Waals surface area contributed by atoms with Crippen LogP contribution in [0.1, 0.15) is 53.2 Å². The summed E-state index contributed by atoms with van der Waals surface area (Å²) >= 11 is 0. The van der Waals surface area contributed by atoms with Crippen LogP contribution in [0.3, 0.4) is 0 Å². The summed E-state index contributed by atoms with van der Waals surface area (Å²) in [4.78, 5) is 23.0. The maximum absolute atomic E-state index is 12.0. The minimum Gasteiger partial charge on any atom is -0.478 e. The highest BCUT2D eigenvalue weighted by atomic mass is 16.4. The van der Waals surface area contributed by atoms with Gasteiger partial charge in [-0.05, 0) is 48.9 Å². The Morgan fingerprint density at radius 3 is 2.63 bits per heavy atom. The summed E-state index contributed by atoms with van der Waals surface area (Å²) in [5.74, 6) is -0.615. The number of carboxylic acid groups (broad SMARTS) is 1. The number of carbonyl (C=O) groups excluding carboxylic acids is 1. The molecule has 0 aliphatic heterocycles. The molecule has 1 amide bonds. The summed E-state index contributed by atoms with van der Waals surface area (Å²) in [6, 6.07) is 5.20. The van der Waals surface area contributed by atoms with Crippen molar-refractivity contribution < 1.29 is 14.7 Å². The number of hydrogen-bond acceptors (Lipinski definition) is 2. The molecule has 0 unspecified atom stereocenters. The van der Waals surface area contributed by atoms with Gasteiger partial charge < -0.3 is 10.4 Å². The van der Waals surface area contributed by atoms with Gasteiger partial charge in [-0.25, -0.2) is 4.79 Å². The zero-order chi connectivity index (χ0) is 13.4. The second-order valence-electron chi connectivity index (χ2n) is 5.45. The number of aryl methyl sites for hydroxylation is 1. The van der Waals surface area contributed by atoms with Crippen molar-refractivity contribution in [2.75, 3.05) is 0 Å². The normalized spacial score (nSPS) is 21.6. The molecule has 4 heteroatoms. The highest BCUT2D eigenvalue weighted by molar-refractivity contribution is 5.88. The fourth-order valence-electron chi connectivity index (χ4n) is 2.85. The molecule has 100 valence electrons. The van der Waals surface area contributed by atoms with Gasteiger partial charge in [-0.15, -0.1) is 0 Å². The van der Waals surface area contributed by atoms with Crippen LogP contribution in [0, 0.1) is 5.92 Å². The van der Waals surface area contributed by atoms with Gasteiger partial charge in [0.05, 0.1) is 11.6 Å². The zero-order valence-electron chi connectivity index (χ0n) is 10.7. The molecule has 1 fully saturated rings. The lowest BCUT2D eigenvalue weighted by atomic mass is 9.84. The van der Waals surface area contributed by atoms with Gasteiger partial charge >= 0.3 is 5.97 Å². The lowest BCUT2D eigenvalue weighted by molar-refractivity contribution is -0.128. The first kappa shape index (κ1) is 12.2. The van der Waals surface area contributed by atoms with E-state index >= 15 is 0 Å². The van der Waals surface area contributed by atoms with Crippen molar-refractivity contribution in [1.82, 2.24) is 5.32 Å². The number of nitrogens with one attached hydrogen (secondary N) is 1. The fourth-order valence-corrected chi connectivity index (χ4v) is 2.85. The summed E-state index contributed by atoms with van der Waals surface area (Å²) < 4.78 is 0. The Labute approximate surface area is 111 Å². The Morgan fingerprint density at radius 1 is 1.21 bits per heavy atom. The van der Waals surface area contributed by atoms with E-state index in [1.54, 1.807) is 12.1 Å². The highest BCUT2D eigenvalue weighted by Crippen LogP contribution is 2.33. The Bertz CT molecular complexity index is 534. The van der Waals surface area contributed by atoms with Crippen molar-refractivity contribution in [3.05, 3.63) is 34.9 Å². The topological polar surface area (TPSA) is 66.4 Å². The third kappa shape index (κ3) is 2.23. The van der Waals surface area contributed by atoms with Gasteiger partial charge in [0.15, 0.2) is 0 Å². The molecule has 4 nitrogen and oxygen atoms in total. The van der Waals surface area contributed by atoms with Crippen LogP contribution < -0.4 is 5.32 Å². The van der Waals surface area contributed by atoms with Crippen molar-refractivity contribution >= 4 is 11.9 Å². The van der Waals surface area contributed by atoms with Crippen LogP contribution in [-0.4, -0.2) is 17.0 Å². The molecular formula is C15H17NO3. The molecular weight excluding hydrogens is 242 g/mol. The molecule has 1 aromatic rings. The molecule has 0 heterocycles. The number of carbonyl (C=O) groups is 2. The van der Waals surface area contributed by atoms with E-state index in [1.807, 2.05) is 6.07 Å². The molecule has 0 spiro atoms. The largest absolute Gasteiger partial charge is 0.478 e. The van der Waals surface area contributed by atoms with Gasteiger partial charge in [-0.3, -0.25) is 4.79 Å². The highest BCUT2D eigenvalue weighted by Gasteiger charge is 2.30. The second kappa shape index (κ2) is 4.68. The van der Waals surface area contributed by atoms with E-state index in [9.17, 15) is 9.59 Å². The maximum Gasteiger partial charge on any atom is 0.335 e. The molecule has 0 bridgehead atoms. The molecule has 0 radical (unpaired) electrons. The number of carboxylic acids is 1. The van der Waals surface area contributed by atoms with E-state index < -0.39 is 5.97 Å². The molecule has 1 atom stereocenters. The molecule has 3 rings (SSSR count). The minimum absolute atomic E-state index is 0.0117. The van der Waals surface area contributed by atoms with Crippen LogP contribution in [0.4, 0.5) is 0 Å². The van der Waals surface area contributed by atoms with Gasteiger partial charge in [0.25, 0.3) is 0 Å². The fraction of sp³-hybridized carbons (Fsp3) is 0.467. The molecule has 0 aromatic heterocycles. The Balaban J connectivity index is 1.78. The number of amides is 1. The van der Waals surface area contributed by atoms with Crippen LogP contribution >= 0.6 is 0 Å². The molecule has 2 aliphatic carbocycles. The molecule has 1 saturated carbocycles. The number of fused-ring (bicyclic) bond motifs is 1. The molecule has 1 aromatic carbocycles. The summed E-state index contributed by atoms with van der Waals surface area (Å²) in [5, 5.41) is 12.1. The van der Waals surface area contributed by atoms with Crippen LogP contribution in [0.15, 0.2) is 18.2 Å². The second-order valence-corrected chi connectivity index (χ2v) is 5.45. The molecule has 0 saturated heterocycles. The van der Waals surface area contributed by atoms with Crippen molar-refractivity contribution in [3.8, 4) is 0 Å². The first-order valence-corrected chi connectivity index (χ1v) is 6.81. The zero-order valence-corrected chi connectivity index (χ0v) is 10.7. The lowest BCUT2D eigenvalue weighted by Crippen LogP contribution is -2.36. The molecule has 19 heavy (non-hydrogen) atoms. The summed E-state index contributed by atoms with van der Waals surface area (Å²) in [6.45, 7) is 0. The third-order valence-electron chi connectivity index (χ3n) is 4.26. The Morgan fingerprint density at radius 2 is 2.00 bits per heavy atom. The van der Waals surface area contributed by atoms with Crippen molar-refractivity contribution in [1.29, 1.82) is 0 Å². The van der Waals surface area contributed by atoms with Gasteiger partial charge in [-0.2, -0.15) is 0 Å². The van der Waals surface area contributed by atoms with Gasteiger partial charge in [0.2, 0.25) is 5.91 Å². The number of aromatic carboxylic acids is 1. The predicted octanol–water partition coefficient (Wildman–Crippen LogP) is 2.29. The van der Waals surface area contributed by atoms with Gasteiger partial charge in [0, 0.05) is 5.92 Å². The van der Waals surface area contributed by atoms with E-state index in [4.69, 9.17) is 5.11 Å². The smallest absolute Gasteiger partial charge is 0.335 e. The van der Waals surface area contributed by atoms with E-state index in [0.717, 1.165) is 43.2 Å². The predicted molar refractivity (Wildman–Crippen MR) is 69.9 cm³/mol. The first-order chi connectivity index (χ1) is 9.15. The van der Waals surface area contributed by atoms with Crippen LogP contribution in [-0.2, 0) is 11.2 Å². The van der Waals surface area contributed by atoms with Crippen LogP contribution in [0.5, 0.6) is 0 Å². The number of benzene rings is 1. The van der Waals surface area contributed by atoms with Gasteiger partial charge in [0.1, 0.15) is 0 Å². The third-order valence-corrected chi connectivity index (χ3v) is 4.26. The van der Waals surface area contributed by atoms with E-state index in [1.165, 1.54) is 0 Å². The SMILES string of the molecule is O=C(O)c1ccc2c(c1)[C@H](NC(=O)C1CCC1)CC2.